The predicted octanol–water partition coefficient (Wildman–Crippen LogP) is 2.45. The van der Waals surface area contributed by atoms with Crippen molar-refractivity contribution in [3.63, 3.8) is 0 Å². The van der Waals surface area contributed by atoms with Crippen molar-refractivity contribution in [2.24, 2.45) is 5.73 Å². The minimum atomic E-state index is -3.66. The molecule has 0 spiro atoms. The molecule has 120 valence electrons. The molecule has 1 aromatic carbocycles. The van der Waals surface area contributed by atoms with E-state index in [4.69, 9.17) is 22.1 Å². The molecule has 0 saturated heterocycles. The summed E-state index contributed by atoms with van der Waals surface area (Å²) in [5, 5.41) is 0.258. The summed E-state index contributed by atoms with van der Waals surface area (Å²) >= 11 is 6.01. The monoisotopic (exact) mass is 334 g/mol. The molecule has 0 bridgehead atoms. The Morgan fingerprint density at radius 2 is 1.90 bits per heavy atom. The fourth-order valence-corrected chi connectivity index (χ4v) is 3.59. The number of aryl methyl sites for hydroxylation is 1. The lowest BCUT2D eigenvalue weighted by Crippen LogP contribution is -2.49. The third-order valence-corrected chi connectivity index (χ3v) is 5.60. The number of hydrogen-bond donors (Lipinski definition) is 2. The summed E-state index contributed by atoms with van der Waals surface area (Å²) < 4.78 is 32.5. The molecule has 21 heavy (non-hydrogen) atoms. The summed E-state index contributed by atoms with van der Waals surface area (Å²) in [5.74, 6) is 0.448. The van der Waals surface area contributed by atoms with Crippen molar-refractivity contribution in [2.45, 2.75) is 44.0 Å². The van der Waals surface area contributed by atoms with Gasteiger partial charge in [0.1, 0.15) is 5.75 Å². The Hall–Kier alpha value is -0.820. The number of methoxy groups -OCH3 is 1. The molecule has 0 atom stereocenters. The summed E-state index contributed by atoms with van der Waals surface area (Å²) in [6.45, 7) is 5.76. The number of ether oxygens (including phenoxy) is 1. The minimum absolute atomic E-state index is 0.142. The van der Waals surface area contributed by atoms with E-state index in [1.54, 1.807) is 13.0 Å². The van der Waals surface area contributed by atoms with E-state index in [0.29, 0.717) is 24.2 Å². The van der Waals surface area contributed by atoms with Gasteiger partial charge in [-0.2, -0.15) is 0 Å². The lowest BCUT2D eigenvalue weighted by atomic mass is 9.95. The minimum Gasteiger partial charge on any atom is -0.495 e. The van der Waals surface area contributed by atoms with Gasteiger partial charge in [-0.25, -0.2) is 13.1 Å². The van der Waals surface area contributed by atoms with E-state index in [2.05, 4.69) is 4.72 Å². The van der Waals surface area contributed by atoms with Gasteiger partial charge < -0.3 is 10.5 Å². The highest BCUT2D eigenvalue weighted by molar-refractivity contribution is 7.89. The van der Waals surface area contributed by atoms with Crippen molar-refractivity contribution in [3.05, 3.63) is 22.7 Å². The van der Waals surface area contributed by atoms with Crippen LogP contribution in [0.15, 0.2) is 17.0 Å². The van der Waals surface area contributed by atoms with Crippen LogP contribution in [0.25, 0.3) is 0 Å². The number of halogens is 1. The lowest BCUT2D eigenvalue weighted by molar-refractivity contribution is 0.391. The molecule has 0 aliphatic carbocycles. The van der Waals surface area contributed by atoms with Crippen LogP contribution < -0.4 is 15.2 Å². The van der Waals surface area contributed by atoms with E-state index in [9.17, 15) is 8.42 Å². The Morgan fingerprint density at radius 1 is 1.33 bits per heavy atom. The molecule has 0 fully saturated rings. The van der Waals surface area contributed by atoms with Crippen LogP contribution in [0, 0.1) is 6.92 Å². The maximum absolute atomic E-state index is 12.4. The van der Waals surface area contributed by atoms with Crippen LogP contribution >= 0.6 is 11.6 Å². The summed E-state index contributed by atoms with van der Waals surface area (Å²) in [5.41, 5.74) is 6.15. The first kappa shape index (κ1) is 18.2. The predicted molar refractivity (Wildman–Crippen MR) is 85.4 cm³/mol. The van der Waals surface area contributed by atoms with Gasteiger partial charge in [-0.3, -0.25) is 0 Å². The van der Waals surface area contributed by atoms with Crippen LogP contribution in [0.2, 0.25) is 5.02 Å². The molecule has 0 unspecified atom stereocenters. The van der Waals surface area contributed by atoms with Gasteiger partial charge in [0.05, 0.1) is 17.0 Å². The van der Waals surface area contributed by atoms with Crippen LogP contribution in [-0.2, 0) is 10.0 Å². The highest BCUT2D eigenvalue weighted by Gasteiger charge is 2.25. The molecule has 0 heterocycles. The van der Waals surface area contributed by atoms with E-state index in [-0.39, 0.29) is 16.5 Å². The zero-order valence-electron chi connectivity index (χ0n) is 12.9. The van der Waals surface area contributed by atoms with Crippen molar-refractivity contribution < 1.29 is 13.2 Å². The molecule has 0 saturated carbocycles. The zero-order valence-corrected chi connectivity index (χ0v) is 14.4. The van der Waals surface area contributed by atoms with Crippen molar-refractivity contribution in [3.8, 4) is 5.75 Å². The van der Waals surface area contributed by atoms with Crippen molar-refractivity contribution in [1.29, 1.82) is 0 Å². The number of hydrogen-bond acceptors (Lipinski definition) is 4. The number of nitrogens with two attached hydrogens (primary N) is 1. The Kier molecular flexibility index (Phi) is 6.04. The van der Waals surface area contributed by atoms with Gasteiger partial charge in [0.25, 0.3) is 0 Å². The van der Waals surface area contributed by atoms with E-state index in [1.165, 1.54) is 13.2 Å². The first-order valence-electron chi connectivity index (χ1n) is 6.81. The van der Waals surface area contributed by atoms with Gasteiger partial charge in [-0.15, -0.1) is 0 Å². The Morgan fingerprint density at radius 3 is 2.38 bits per heavy atom. The van der Waals surface area contributed by atoms with Crippen molar-refractivity contribution >= 4 is 21.6 Å². The Bertz CT molecular complexity index is 598. The van der Waals surface area contributed by atoms with Crippen LogP contribution in [-0.4, -0.2) is 27.6 Å². The van der Waals surface area contributed by atoms with Gasteiger partial charge in [0.15, 0.2) is 0 Å². The summed E-state index contributed by atoms with van der Waals surface area (Å²) in [6, 6.07) is 3.00. The fraction of sp³-hybridized carbons (Fsp3) is 0.571. The maximum atomic E-state index is 12.4. The maximum Gasteiger partial charge on any atom is 0.240 e. The lowest BCUT2D eigenvalue weighted by Gasteiger charge is -2.27. The SMILES string of the molecule is CCC(N)(CC)CNS(=O)(=O)c1cc(Cl)c(OC)cc1C. The Labute approximate surface area is 131 Å². The second-order valence-electron chi connectivity index (χ2n) is 5.15. The number of sulfonamides is 1. The standard InChI is InChI=1S/C14H23ClN2O3S/c1-5-14(16,6-2)9-17-21(18,19)13-8-11(15)12(20-4)7-10(13)3/h7-8,17H,5-6,9,16H2,1-4H3. The first-order chi connectivity index (χ1) is 9.69. The molecular weight excluding hydrogens is 312 g/mol. The van der Waals surface area contributed by atoms with Crippen LogP contribution in [0.5, 0.6) is 5.75 Å². The highest BCUT2D eigenvalue weighted by atomic mass is 35.5. The molecule has 0 radical (unpaired) electrons. The van der Waals surface area contributed by atoms with Gasteiger partial charge in [-0.05, 0) is 37.5 Å². The van der Waals surface area contributed by atoms with Crippen LogP contribution in [0.1, 0.15) is 32.3 Å². The average molecular weight is 335 g/mol. The molecule has 1 rings (SSSR count). The van der Waals surface area contributed by atoms with Crippen molar-refractivity contribution in [2.75, 3.05) is 13.7 Å². The largest absolute Gasteiger partial charge is 0.495 e. The smallest absolute Gasteiger partial charge is 0.240 e. The summed E-state index contributed by atoms with van der Waals surface area (Å²) in [7, 11) is -2.18. The van der Waals surface area contributed by atoms with E-state index < -0.39 is 15.6 Å². The topological polar surface area (TPSA) is 81.4 Å². The van der Waals surface area contributed by atoms with E-state index in [0.717, 1.165) is 0 Å². The third kappa shape index (κ3) is 4.32. The van der Waals surface area contributed by atoms with Gasteiger partial charge in [0, 0.05) is 12.1 Å². The molecule has 0 aromatic heterocycles. The zero-order chi connectivity index (χ0) is 16.3. The molecule has 3 N–H and O–H groups in total. The molecular formula is C14H23ClN2O3S. The van der Waals surface area contributed by atoms with Crippen molar-refractivity contribution in [1.82, 2.24) is 4.72 Å². The highest BCUT2D eigenvalue weighted by Crippen LogP contribution is 2.30. The molecule has 7 heteroatoms. The second kappa shape index (κ2) is 6.96. The summed E-state index contributed by atoms with van der Waals surface area (Å²) in [4.78, 5) is 0.142. The number of nitrogens with one attached hydrogen (secondary N) is 1. The molecule has 0 aliphatic heterocycles. The van der Waals surface area contributed by atoms with Gasteiger partial charge in [0.2, 0.25) is 10.0 Å². The Balaban J connectivity index is 3.07. The summed E-state index contributed by atoms with van der Waals surface area (Å²) in [6.07, 6.45) is 1.38. The molecule has 1 aromatic rings. The number of benzene rings is 1. The average Bonchev–Trinajstić information content (AvgIpc) is 2.46. The normalized spacial score (nSPS) is 12.5. The fourth-order valence-electron chi connectivity index (χ4n) is 1.90. The van der Waals surface area contributed by atoms with E-state index in [1.807, 2.05) is 13.8 Å². The molecule has 0 amide bonds. The van der Waals surface area contributed by atoms with Gasteiger partial charge in [-0.1, -0.05) is 25.4 Å². The van der Waals surface area contributed by atoms with Crippen LogP contribution in [0.3, 0.4) is 0 Å². The van der Waals surface area contributed by atoms with Gasteiger partial charge >= 0.3 is 0 Å². The number of rotatable bonds is 7. The quantitative estimate of drug-likeness (QED) is 0.802. The molecule has 5 nitrogen and oxygen atoms in total. The first-order valence-corrected chi connectivity index (χ1v) is 8.68. The second-order valence-corrected chi connectivity index (χ2v) is 7.29. The van der Waals surface area contributed by atoms with E-state index >= 15 is 0 Å². The molecule has 0 aliphatic rings. The third-order valence-electron chi connectivity index (χ3n) is 3.76. The van der Waals surface area contributed by atoms with Crippen LogP contribution in [0.4, 0.5) is 0 Å².